The van der Waals surface area contributed by atoms with Crippen molar-refractivity contribution in [2.75, 3.05) is 6.61 Å². The lowest BCUT2D eigenvalue weighted by atomic mass is 10.1. The van der Waals surface area contributed by atoms with Crippen molar-refractivity contribution in [1.82, 2.24) is 9.44 Å². The van der Waals surface area contributed by atoms with Gasteiger partial charge in [0.2, 0.25) is 0 Å². The fourth-order valence-corrected chi connectivity index (χ4v) is 2.67. The van der Waals surface area contributed by atoms with Gasteiger partial charge in [0.1, 0.15) is 6.61 Å². The van der Waals surface area contributed by atoms with Gasteiger partial charge in [-0.1, -0.05) is 30.0 Å². The van der Waals surface area contributed by atoms with Gasteiger partial charge >= 0.3 is 0 Å². The van der Waals surface area contributed by atoms with E-state index in [0.29, 0.717) is 5.56 Å². The third-order valence-corrected chi connectivity index (χ3v) is 3.84. The van der Waals surface area contributed by atoms with E-state index in [2.05, 4.69) is 21.3 Å². The first-order valence-corrected chi connectivity index (χ1v) is 7.53. The van der Waals surface area contributed by atoms with E-state index < -0.39 is 10.2 Å². The monoisotopic (exact) mass is 280 g/mol. The molecule has 0 radical (unpaired) electrons. The number of aliphatic hydroxyl groups excluding tert-OH is 1. The predicted octanol–water partition coefficient (Wildman–Crippen LogP) is 0.117. The van der Waals surface area contributed by atoms with Crippen LogP contribution in [0.5, 0.6) is 0 Å². The van der Waals surface area contributed by atoms with E-state index in [-0.39, 0.29) is 19.2 Å². The van der Waals surface area contributed by atoms with Gasteiger partial charge in [0, 0.05) is 18.2 Å². The molecule has 0 saturated heterocycles. The van der Waals surface area contributed by atoms with Gasteiger partial charge in [0.05, 0.1) is 0 Å². The van der Waals surface area contributed by atoms with Crippen LogP contribution in [0.15, 0.2) is 24.3 Å². The summed E-state index contributed by atoms with van der Waals surface area (Å²) in [4.78, 5) is 0. The minimum Gasteiger partial charge on any atom is -0.384 e. The highest BCUT2D eigenvalue weighted by molar-refractivity contribution is 7.87. The molecule has 19 heavy (non-hydrogen) atoms. The first-order valence-electron chi connectivity index (χ1n) is 6.05. The Hall–Kier alpha value is -1.39. The van der Waals surface area contributed by atoms with Gasteiger partial charge in [-0.25, -0.2) is 0 Å². The van der Waals surface area contributed by atoms with Crippen LogP contribution in [0.4, 0.5) is 0 Å². The summed E-state index contributed by atoms with van der Waals surface area (Å²) in [5.41, 5.74) is 1.50. The second-order valence-electron chi connectivity index (χ2n) is 4.33. The average molecular weight is 280 g/mol. The number of aliphatic hydroxyl groups is 1. The summed E-state index contributed by atoms with van der Waals surface area (Å²) in [5, 5.41) is 8.69. The zero-order chi connectivity index (χ0) is 13.7. The first kappa shape index (κ1) is 14.0. The number of benzene rings is 1. The fraction of sp³-hybridized carbons (Fsp3) is 0.385. The maximum absolute atomic E-state index is 11.7. The smallest absolute Gasteiger partial charge is 0.277 e. The lowest BCUT2D eigenvalue weighted by Crippen LogP contribution is -2.37. The van der Waals surface area contributed by atoms with Crippen molar-refractivity contribution in [1.29, 1.82) is 0 Å². The van der Waals surface area contributed by atoms with Crippen molar-refractivity contribution < 1.29 is 13.5 Å². The van der Waals surface area contributed by atoms with E-state index in [4.69, 9.17) is 5.11 Å². The summed E-state index contributed by atoms with van der Waals surface area (Å²) in [6.45, 7) is -0.0400. The summed E-state index contributed by atoms with van der Waals surface area (Å²) in [7, 11) is -3.45. The van der Waals surface area contributed by atoms with E-state index in [1.165, 1.54) is 0 Å². The molecule has 6 heteroatoms. The zero-order valence-corrected chi connectivity index (χ0v) is 11.2. The van der Waals surface area contributed by atoms with Crippen molar-refractivity contribution in [3.63, 3.8) is 0 Å². The van der Waals surface area contributed by atoms with E-state index in [9.17, 15) is 8.42 Å². The molecule has 0 aliphatic heterocycles. The molecule has 102 valence electrons. The summed E-state index contributed by atoms with van der Waals surface area (Å²) in [5.74, 6) is 5.35. The molecule has 0 unspecified atom stereocenters. The van der Waals surface area contributed by atoms with Crippen LogP contribution < -0.4 is 9.44 Å². The van der Waals surface area contributed by atoms with Crippen molar-refractivity contribution in [3.8, 4) is 11.8 Å². The highest BCUT2D eigenvalue weighted by atomic mass is 32.2. The molecule has 0 aromatic heterocycles. The second kappa shape index (κ2) is 6.17. The molecule has 1 aliphatic rings. The average Bonchev–Trinajstić information content (AvgIpc) is 3.18. The van der Waals surface area contributed by atoms with Crippen LogP contribution >= 0.6 is 0 Å². The van der Waals surface area contributed by atoms with Gasteiger partial charge in [-0.05, 0) is 24.5 Å². The molecule has 2 rings (SSSR count). The van der Waals surface area contributed by atoms with Crippen LogP contribution in [-0.2, 0) is 16.8 Å². The Balaban J connectivity index is 2.02. The van der Waals surface area contributed by atoms with E-state index >= 15 is 0 Å². The number of hydrogen-bond donors (Lipinski definition) is 3. The maximum Gasteiger partial charge on any atom is 0.277 e. The van der Waals surface area contributed by atoms with Crippen LogP contribution in [0, 0.1) is 11.8 Å². The summed E-state index contributed by atoms with van der Waals surface area (Å²) >= 11 is 0. The van der Waals surface area contributed by atoms with Gasteiger partial charge < -0.3 is 5.11 Å². The minimum absolute atomic E-state index is 0.0851. The van der Waals surface area contributed by atoms with E-state index in [0.717, 1.165) is 18.4 Å². The SMILES string of the molecule is O=S(=O)(NCc1ccccc1C#CCO)NC1CC1. The molecule has 1 aromatic rings. The molecule has 0 amide bonds. The normalized spacial score (nSPS) is 14.8. The Morgan fingerprint density at radius 2 is 2.05 bits per heavy atom. The Kier molecular flexibility index (Phi) is 4.56. The van der Waals surface area contributed by atoms with Crippen LogP contribution in [0.1, 0.15) is 24.0 Å². The highest BCUT2D eigenvalue weighted by Gasteiger charge is 2.26. The molecule has 0 bridgehead atoms. The largest absolute Gasteiger partial charge is 0.384 e. The van der Waals surface area contributed by atoms with Crippen LogP contribution in [0.25, 0.3) is 0 Å². The predicted molar refractivity (Wildman–Crippen MR) is 72.3 cm³/mol. The van der Waals surface area contributed by atoms with Crippen LogP contribution in [-0.4, -0.2) is 26.2 Å². The van der Waals surface area contributed by atoms with Crippen molar-refractivity contribution in [3.05, 3.63) is 35.4 Å². The first-order chi connectivity index (χ1) is 9.11. The minimum atomic E-state index is -3.45. The molecule has 0 atom stereocenters. The molecule has 3 N–H and O–H groups in total. The molecule has 0 heterocycles. The van der Waals surface area contributed by atoms with E-state index in [1.807, 2.05) is 12.1 Å². The maximum atomic E-state index is 11.7. The quantitative estimate of drug-likeness (QED) is 0.670. The fourth-order valence-electron chi connectivity index (χ4n) is 1.57. The van der Waals surface area contributed by atoms with Crippen molar-refractivity contribution in [2.45, 2.75) is 25.4 Å². The van der Waals surface area contributed by atoms with Crippen molar-refractivity contribution in [2.24, 2.45) is 0 Å². The molecule has 1 aliphatic carbocycles. The molecular weight excluding hydrogens is 264 g/mol. The topological polar surface area (TPSA) is 78.4 Å². The molecule has 1 aromatic carbocycles. The molecule has 5 nitrogen and oxygen atoms in total. The van der Waals surface area contributed by atoms with Gasteiger partial charge in [-0.3, -0.25) is 0 Å². The Labute approximate surface area is 113 Å². The third-order valence-electron chi connectivity index (χ3n) is 2.67. The number of nitrogens with one attached hydrogen (secondary N) is 2. The molecule has 1 saturated carbocycles. The Morgan fingerprint density at radius 3 is 2.74 bits per heavy atom. The second-order valence-corrected chi connectivity index (χ2v) is 5.86. The van der Waals surface area contributed by atoms with Crippen LogP contribution in [0.2, 0.25) is 0 Å². The Bertz CT molecular complexity index is 598. The molecular formula is C13H16N2O3S. The Morgan fingerprint density at radius 1 is 1.32 bits per heavy atom. The zero-order valence-electron chi connectivity index (χ0n) is 10.4. The molecule has 0 spiro atoms. The molecule has 1 fully saturated rings. The third kappa shape index (κ3) is 4.65. The number of hydrogen-bond acceptors (Lipinski definition) is 3. The summed E-state index contributed by atoms with van der Waals surface area (Å²) in [6.07, 6.45) is 1.80. The highest BCUT2D eigenvalue weighted by Crippen LogP contribution is 2.19. The van der Waals surface area contributed by atoms with Gasteiger partial charge in [-0.15, -0.1) is 0 Å². The summed E-state index contributed by atoms with van der Waals surface area (Å²) < 4.78 is 28.4. The van der Waals surface area contributed by atoms with E-state index in [1.54, 1.807) is 12.1 Å². The lowest BCUT2D eigenvalue weighted by molar-refractivity contribution is 0.350. The summed E-state index contributed by atoms with van der Waals surface area (Å²) in [6, 6.07) is 7.33. The standard InChI is InChI=1S/C13H16N2O3S/c16-9-3-6-11-4-1-2-5-12(11)10-14-19(17,18)15-13-7-8-13/h1-2,4-5,13-16H,7-10H2. The lowest BCUT2D eigenvalue weighted by Gasteiger charge is -2.08. The van der Waals surface area contributed by atoms with Gasteiger partial charge in [0.25, 0.3) is 10.2 Å². The van der Waals surface area contributed by atoms with Gasteiger partial charge in [-0.2, -0.15) is 17.9 Å². The van der Waals surface area contributed by atoms with Crippen LogP contribution in [0.3, 0.4) is 0 Å². The van der Waals surface area contributed by atoms with Crippen molar-refractivity contribution >= 4 is 10.2 Å². The van der Waals surface area contributed by atoms with Gasteiger partial charge in [0.15, 0.2) is 0 Å². The number of rotatable bonds is 5.